The monoisotopic (exact) mass is 180 g/mol. The van der Waals surface area contributed by atoms with Gasteiger partial charge in [-0.15, -0.1) is 6.42 Å². The summed E-state index contributed by atoms with van der Waals surface area (Å²) >= 11 is 0. The van der Waals surface area contributed by atoms with Gasteiger partial charge in [-0.2, -0.15) is 0 Å². The third-order valence-electron chi connectivity index (χ3n) is 2.32. The molecule has 1 aliphatic heterocycles. The van der Waals surface area contributed by atoms with E-state index in [1.807, 2.05) is 0 Å². The molecule has 1 fully saturated rings. The highest BCUT2D eigenvalue weighted by Crippen LogP contribution is 2.08. The number of hydrogen-bond donors (Lipinski definition) is 1. The molecule has 1 unspecified atom stereocenters. The molecule has 0 saturated carbocycles. The zero-order valence-corrected chi connectivity index (χ0v) is 8.05. The van der Waals surface area contributed by atoms with E-state index < -0.39 is 0 Å². The lowest BCUT2D eigenvalue weighted by Gasteiger charge is -2.25. The van der Waals surface area contributed by atoms with Gasteiger partial charge in [0.15, 0.2) is 0 Å². The van der Waals surface area contributed by atoms with Crippen molar-refractivity contribution >= 4 is 5.91 Å². The molecule has 0 bridgehead atoms. The van der Waals surface area contributed by atoms with Crippen LogP contribution in [0.3, 0.4) is 0 Å². The first-order valence-corrected chi connectivity index (χ1v) is 4.77. The van der Waals surface area contributed by atoms with E-state index in [1.165, 1.54) is 0 Å². The van der Waals surface area contributed by atoms with Crippen LogP contribution < -0.4 is 5.32 Å². The van der Waals surface area contributed by atoms with Gasteiger partial charge < -0.3 is 10.2 Å². The maximum absolute atomic E-state index is 11.4. The summed E-state index contributed by atoms with van der Waals surface area (Å²) in [5.41, 5.74) is 0. The van der Waals surface area contributed by atoms with Crippen molar-refractivity contribution in [3.8, 4) is 12.3 Å². The number of terminal acetylenes is 1. The largest absolute Gasteiger partial charge is 0.328 e. The lowest BCUT2D eigenvalue weighted by molar-refractivity contribution is -0.127. The summed E-state index contributed by atoms with van der Waals surface area (Å²) in [5.74, 6) is 2.02. The Balaban J connectivity index is 2.56. The molecule has 0 aromatic heterocycles. The van der Waals surface area contributed by atoms with Gasteiger partial charge in [0.25, 0.3) is 5.91 Å². The van der Waals surface area contributed by atoms with Crippen LogP contribution in [0, 0.1) is 12.3 Å². The Bertz CT molecular complexity index is 213. The summed E-state index contributed by atoms with van der Waals surface area (Å²) in [4.78, 5) is 13.2. The minimum absolute atomic E-state index is 0.171. The molecule has 1 aliphatic rings. The van der Waals surface area contributed by atoms with Crippen molar-refractivity contribution in [1.29, 1.82) is 0 Å². The van der Waals surface area contributed by atoms with Crippen molar-refractivity contribution in [2.75, 3.05) is 19.6 Å². The van der Waals surface area contributed by atoms with Crippen LogP contribution >= 0.6 is 0 Å². The molecule has 1 heterocycles. The first kappa shape index (κ1) is 10.1. The summed E-state index contributed by atoms with van der Waals surface area (Å²) in [6.07, 6.45) is 7.09. The molecular formula is C10H16N2O. The Hall–Kier alpha value is -1.01. The first-order valence-electron chi connectivity index (χ1n) is 4.77. The van der Waals surface area contributed by atoms with Crippen LogP contribution in [-0.4, -0.2) is 36.5 Å². The Morgan fingerprint density at radius 3 is 3.00 bits per heavy atom. The van der Waals surface area contributed by atoms with Gasteiger partial charge in [-0.3, -0.25) is 4.79 Å². The molecule has 0 aromatic carbocycles. The molecule has 1 saturated heterocycles. The van der Waals surface area contributed by atoms with Crippen molar-refractivity contribution in [2.45, 2.75) is 25.8 Å². The molecule has 1 rings (SSSR count). The van der Waals surface area contributed by atoms with Gasteiger partial charge in [-0.25, -0.2) is 0 Å². The lowest BCUT2D eigenvalue weighted by Crippen LogP contribution is -2.41. The van der Waals surface area contributed by atoms with Gasteiger partial charge in [0.05, 0.1) is 0 Å². The molecule has 0 radical (unpaired) electrons. The minimum Gasteiger partial charge on any atom is -0.328 e. The summed E-state index contributed by atoms with van der Waals surface area (Å²) in [6.45, 7) is 4.70. The molecule has 0 aromatic rings. The predicted molar refractivity (Wildman–Crippen MR) is 52.1 cm³/mol. The number of hydrogen-bond acceptors (Lipinski definition) is 2. The maximum atomic E-state index is 11.4. The number of amides is 1. The van der Waals surface area contributed by atoms with Crippen molar-refractivity contribution in [3.05, 3.63) is 0 Å². The zero-order valence-electron chi connectivity index (χ0n) is 8.05. The molecule has 3 heteroatoms. The van der Waals surface area contributed by atoms with Crippen molar-refractivity contribution in [1.82, 2.24) is 10.2 Å². The van der Waals surface area contributed by atoms with E-state index in [1.54, 1.807) is 4.90 Å². The van der Waals surface area contributed by atoms with Crippen LogP contribution in [0.1, 0.15) is 19.8 Å². The predicted octanol–water partition coefficient (Wildman–Crippen LogP) is 0.220. The van der Waals surface area contributed by atoms with Crippen LogP contribution in [0.5, 0.6) is 0 Å². The SMILES string of the molecule is C#CC(=O)N(CCC)C1CCNC1. The Labute approximate surface area is 79.5 Å². The maximum Gasteiger partial charge on any atom is 0.298 e. The van der Waals surface area contributed by atoms with Crippen molar-refractivity contribution in [3.63, 3.8) is 0 Å². The van der Waals surface area contributed by atoms with E-state index >= 15 is 0 Å². The van der Waals surface area contributed by atoms with Crippen molar-refractivity contribution in [2.24, 2.45) is 0 Å². The number of nitrogens with one attached hydrogen (secondary N) is 1. The van der Waals surface area contributed by atoms with Crippen LogP contribution in [0.25, 0.3) is 0 Å². The fourth-order valence-electron chi connectivity index (χ4n) is 1.68. The average molecular weight is 180 g/mol. The summed E-state index contributed by atoms with van der Waals surface area (Å²) in [7, 11) is 0. The minimum atomic E-state index is -0.171. The highest BCUT2D eigenvalue weighted by molar-refractivity contribution is 5.93. The second-order valence-corrected chi connectivity index (χ2v) is 3.29. The standard InChI is InChI=1S/C10H16N2O/c1-3-7-12(10(13)4-2)9-5-6-11-8-9/h2,9,11H,3,5-8H2,1H3. The Kier molecular flexibility index (Phi) is 3.78. The van der Waals surface area contributed by atoms with E-state index in [4.69, 9.17) is 6.42 Å². The molecule has 1 N–H and O–H groups in total. The van der Waals surface area contributed by atoms with E-state index in [2.05, 4.69) is 18.2 Å². The van der Waals surface area contributed by atoms with Crippen LogP contribution in [0.15, 0.2) is 0 Å². The van der Waals surface area contributed by atoms with Crippen molar-refractivity contribution < 1.29 is 4.79 Å². The lowest BCUT2D eigenvalue weighted by atomic mass is 10.2. The van der Waals surface area contributed by atoms with E-state index in [-0.39, 0.29) is 5.91 Å². The third kappa shape index (κ3) is 2.46. The number of nitrogens with zero attached hydrogens (tertiary/aromatic N) is 1. The van der Waals surface area contributed by atoms with Gasteiger partial charge in [0, 0.05) is 19.1 Å². The molecular weight excluding hydrogens is 164 g/mol. The number of rotatable bonds is 3. The topological polar surface area (TPSA) is 32.3 Å². The van der Waals surface area contributed by atoms with Gasteiger partial charge in [-0.1, -0.05) is 6.92 Å². The van der Waals surface area contributed by atoms with E-state index in [0.717, 1.165) is 32.5 Å². The van der Waals surface area contributed by atoms with Crippen LogP contribution in [0.4, 0.5) is 0 Å². The fourth-order valence-corrected chi connectivity index (χ4v) is 1.68. The zero-order chi connectivity index (χ0) is 9.68. The van der Waals surface area contributed by atoms with Crippen LogP contribution in [-0.2, 0) is 4.79 Å². The fraction of sp³-hybridized carbons (Fsp3) is 0.700. The van der Waals surface area contributed by atoms with Gasteiger partial charge in [0.1, 0.15) is 0 Å². The summed E-state index contributed by atoms with van der Waals surface area (Å²) < 4.78 is 0. The first-order chi connectivity index (χ1) is 6.29. The normalized spacial score (nSPS) is 21.1. The second kappa shape index (κ2) is 4.88. The Morgan fingerprint density at radius 2 is 2.54 bits per heavy atom. The smallest absolute Gasteiger partial charge is 0.298 e. The van der Waals surface area contributed by atoms with E-state index in [0.29, 0.717) is 6.04 Å². The highest BCUT2D eigenvalue weighted by atomic mass is 16.2. The summed E-state index contributed by atoms with van der Waals surface area (Å²) in [5, 5.41) is 3.23. The highest BCUT2D eigenvalue weighted by Gasteiger charge is 2.24. The number of carbonyl (C=O) groups is 1. The molecule has 1 atom stereocenters. The van der Waals surface area contributed by atoms with E-state index in [9.17, 15) is 4.79 Å². The summed E-state index contributed by atoms with van der Waals surface area (Å²) in [6, 6.07) is 0.309. The molecule has 0 spiro atoms. The van der Waals surface area contributed by atoms with Gasteiger partial charge in [0.2, 0.25) is 0 Å². The quantitative estimate of drug-likeness (QED) is 0.630. The second-order valence-electron chi connectivity index (χ2n) is 3.29. The Morgan fingerprint density at radius 1 is 1.77 bits per heavy atom. The average Bonchev–Trinajstić information content (AvgIpc) is 2.65. The number of carbonyl (C=O) groups excluding carboxylic acids is 1. The van der Waals surface area contributed by atoms with Gasteiger partial charge >= 0.3 is 0 Å². The molecule has 1 amide bonds. The third-order valence-corrected chi connectivity index (χ3v) is 2.32. The van der Waals surface area contributed by atoms with Gasteiger partial charge in [-0.05, 0) is 25.3 Å². The molecule has 13 heavy (non-hydrogen) atoms. The molecule has 3 nitrogen and oxygen atoms in total. The molecule has 72 valence electrons. The molecule has 0 aliphatic carbocycles. The van der Waals surface area contributed by atoms with Crippen LogP contribution in [0.2, 0.25) is 0 Å².